The second-order valence-electron chi connectivity index (χ2n) is 11.9. The van der Waals surface area contributed by atoms with Gasteiger partial charge in [0.15, 0.2) is 0 Å². The first kappa shape index (κ1) is 32.4. The van der Waals surface area contributed by atoms with Crippen molar-refractivity contribution in [1.82, 2.24) is 14.1 Å². The average Bonchev–Trinajstić information content (AvgIpc) is 3.74. The first-order valence-corrected chi connectivity index (χ1v) is 16.3. The molecule has 1 aliphatic rings. The zero-order valence-electron chi connectivity index (χ0n) is 26.8. The van der Waals surface area contributed by atoms with Gasteiger partial charge in [0.25, 0.3) is 5.56 Å². The quantitative estimate of drug-likeness (QED) is 0.166. The van der Waals surface area contributed by atoms with E-state index < -0.39 is 28.9 Å². The molecule has 3 aromatic heterocycles. The fraction of sp³-hybridized carbons (Fsp3) is 0.371. The van der Waals surface area contributed by atoms with Crippen molar-refractivity contribution < 1.29 is 28.2 Å². The molecule has 2 aromatic carbocycles. The Balaban J connectivity index is 1.51. The summed E-state index contributed by atoms with van der Waals surface area (Å²) in [7, 11) is 1.59. The van der Waals surface area contributed by atoms with Crippen molar-refractivity contribution in [1.29, 1.82) is 0 Å². The van der Waals surface area contributed by atoms with Crippen molar-refractivity contribution in [2.45, 2.75) is 64.5 Å². The van der Waals surface area contributed by atoms with Crippen LogP contribution in [-0.4, -0.2) is 46.5 Å². The van der Waals surface area contributed by atoms with Crippen molar-refractivity contribution in [2.24, 2.45) is 0 Å². The molecular formula is C35H37N3O8S. The number of carbonyl (C=O) groups is 1. The molecule has 5 aromatic rings. The van der Waals surface area contributed by atoms with E-state index in [1.54, 1.807) is 14.0 Å². The molecule has 0 amide bonds. The molecule has 1 saturated heterocycles. The minimum absolute atomic E-state index is 0.00506. The highest BCUT2D eigenvalue weighted by molar-refractivity contribution is 7.22. The Hall–Kier alpha value is -4.52. The third-order valence-corrected chi connectivity index (χ3v) is 9.77. The van der Waals surface area contributed by atoms with E-state index >= 15 is 0 Å². The number of esters is 1. The molecule has 6 rings (SSSR count). The van der Waals surface area contributed by atoms with Gasteiger partial charge in [0.05, 0.1) is 36.2 Å². The van der Waals surface area contributed by atoms with E-state index in [1.807, 2.05) is 54.6 Å². The maximum absolute atomic E-state index is 14.6. The smallest absolute Gasteiger partial charge is 0.333 e. The molecule has 0 saturated carbocycles. The number of oxazole rings is 1. The molecule has 0 radical (unpaired) electrons. The van der Waals surface area contributed by atoms with Crippen LogP contribution in [0.4, 0.5) is 0 Å². The molecule has 0 spiro atoms. The van der Waals surface area contributed by atoms with Gasteiger partial charge in [-0.15, -0.1) is 11.3 Å². The summed E-state index contributed by atoms with van der Waals surface area (Å²) in [4.78, 5) is 48.0. The van der Waals surface area contributed by atoms with E-state index in [4.69, 9.17) is 23.4 Å². The van der Waals surface area contributed by atoms with Gasteiger partial charge >= 0.3 is 11.7 Å². The molecule has 11 nitrogen and oxygen atoms in total. The standard InChI is InChI=1S/C35H37N3O8S/c1-22-28-31(39)38(35(2,3)33(40)45-21-23-10-6-5-7-11-23)34(41)37(32(28)47-29(22)30-36-16-19-44-30)20-27(46-24-14-17-43-18-15-24)25-12-8-9-13-26(25)42-4/h5-13,16,19,24,27H,14-15,17-18,20-21H2,1-4H3/t27-/m0/s1. The topological polar surface area (TPSA) is 124 Å². The van der Waals surface area contributed by atoms with Crippen molar-refractivity contribution >= 4 is 27.5 Å². The van der Waals surface area contributed by atoms with E-state index in [9.17, 15) is 14.4 Å². The lowest BCUT2D eigenvalue weighted by molar-refractivity contribution is -0.154. The second kappa shape index (κ2) is 13.7. The van der Waals surface area contributed by atoms with Gasteiger partial charge in [0.1, 0.15) is 35.1 Å². The van der Waals surface area contributed by atoms with Crippen molar-refractivity contribution in [2.75, 3.05) is 20.3 Å². The minimum Gasteiger partial charge on any atom is -0.496 e. The fourth-order valence-corrected chi connectivity index (χ4v) is 7.13. The van der Waals surface area contributed by atoms with Gasteiger partial charge in [-0.1, -0.05) is 48.5 Å². The van der Waals surface area contributed by atoms with Gasteiger partial charge in [0.2, 0.25) is 5.89 Å². The summed E-state index contributed by atoms with van der Waals surface area (Å²) in [6.45, 7) is 6.00. The third-order valence-electron chi connectivity index (χ3n) is 8.47. The molecule has 0 N–H and O–H groups in total. The van der Waals surface area contributed by atoms with Gasteiger partial charge < -0.3 is 23.4 Å². The highest BCUT2D eigenvalue weighted by Gasteiger charge is 2.38. The lowest BCUT2D eigenvalue weighted by Gasteiger charge is -2.30. The molecule has 0 aliphatic carbocycles. The Morgan fingerprint density at radius 1 is 1.09 bits per heavy atom. The first-order valence-electron chi connectivity index (χ1n) is 15.5. The largest absolute Gasteiger partial charge is 0.496 e. The van der Waals surface area contributed by atoms with Crippen molar-refractivity contribution in [3.63, 3.8) is 0 Å². The summed E-state index contributed by atoms with van der Waals surface area (Å²) >= 11 is 1.24. The third kappa shape index (κ3) is 6.40. The molecule has 1 atom stereocenters. The zero-order chi connectivity index (χ0) is 33.1. The van der Waals surface area contributed by atoms with Crippen LogP contribution in [0.15, 0.2) is 81.1 Å². The molecule has 4 heterocycles. The maximum Gasteiger partial charge on any atom is 0.333 e. The summed E-state index contributed by atoms with van der Waals surface area (Å²) in [5.74, 6) is 0.219. The number of fused-ring (bicyclic) bond motifs is 1. The number of benzene rings is 2. The summed E-state index contributed by atoms with van der Waals surface area (Å²) in [5, 5.41) is 0.288. The molecular weight excluding hydrogens is 622 g/mol. The average molecular weight is 660 g/mol. The Morgan fingerprint density at radius 2 is 1.81 bits per heavy atom. The van der Waals surface area contributed by atoms with Crippen LogP contribution in [0.25, 0.3) is 21.0 Å². The number of rotatable bonds is 11. The van der Waals surface area contributed by atoms with Crippen LogP contribution in [0.1, 0.15) is 49.5 Å². The van der Waals surface area contributed by atoms with Gasteiger partial charge in [-0.25, -0.2) is 19.1 Å². The Labute approximate surface area is 275 Å². The SMILES string of the molecule is COc1ccccc1[C@H](Cn1c(=O)n(C(C)(C)C(=O)OCc2ccccc2)c(=O)c2c(C)c(-c3ncco3)sc21)OC1CCOCC1. The fourth-order valence-electron chi connectivity index (χ4n) is 5.89. The predicted octanol–water partition coefficient (Wildman–Crippen LogP) is 5.61. The number of hydrogen-bond acceptors (Lipinski definition) is 10. The van der Waals surface area contributed by atoms with Crippen molar-refractivity contribution in [3.8, 4) is 16.5 Å². The Morgan fingerprint density at radius 3 is 2.51 bits per heavy atom. The number of ether oxygens (including phenoxy) is 4. The van der Waals surface area contributed by atoms with Crippen LogP contribution in [0.5, 0.6) is 5.75 Å². The number of aryl methyl sites for hydroxylation is 1. The van der Waals surface area contributed by atoms with Crippen LogP contribution in [0, 0.1) is 6.92 Å². The molecule has 1 aliphatic heterocycles. The van der Waals surface area contributed by atoms with Gasteiger partial charge in [-0.2, -0.15) is 0 Å². The Bertz CT molecular complexity index is 1970. The van der Waals surface area contributed by atoms with E-state index in [-0.39, 0.29) is 24.6 Å². The number of nitrogens with zero attached hydrogens (tertiary/aromatic N) is 3. The van der Waals surface area contributed by atoms with Gasteiger partial charge in [-0.05, 0) is 50.8 Å². The molecule has 47 heavy (non-hydrogen) atoms. The van der Waals surface area contributed by atoms with Crippen molar-refractivity contribution in [3.05, 3.63) is 105 Å². The maximum atomic E-state index is 14.6. The van der Waals surface area contributed by atoms with E-state index in [0.29, 0.717) is 53.0 Å². The number of carbonyl (C=O) groups excluding carboxylic acids is 1. The summed E-state index contributed by atoms with van der Waals surface area (Å²) in [5.41, 5.74) is -0.799. The van der Waals surface area contributed by atoms with Gasteiger partial charge in [-0.3, -0.25) is 9.36 Å². The number of aromatic nitrogens is 3. The van der Waals surface area contributed by atoms with E-state index in [0.717, 1.165) is 15.7 Å². The summed E-state index contributed by atoms with van der Waals surface area (Å²) < 4.78 is 31.8. The van der Waals surface area contributed by atoms with E-state index in [2.05, 4.69) is 4.98 Å². The minimum atomic E-state index is -1.65. The molecule has 0 bridgehead atoms. The molecule has 1 fully saturated rings. The highest BCUT2D eigenvalue weighted by Crippen LogP contribution is 2.38. The number of para-hydroxylation sites is 1. The normalized spacial score (nSPS) is 14.7. The molecule has 0 unspecified atom stereocenters. The predicted molar refractivity (Wildman–Crippen MR) is 177 cm³/mol. The van der Waals surface area contributed by atoms with Crippen LogP contribution in [0.3, 0.4) is 0 Å². The second-order valence-corrected chi connectivity index (χ2v) is 12.9. The van der Waals surface area contributed by atoms with Gasteiger partial charge in [0, 0.05) is 18.8 Å². The van der Waals surface area contributed by atoms with Crippen LogP contribution in [0.2, 0.25) is 0 Å². The number of thiophene rings is 1. The van der Waals surface area contributed by atoms with Crippen LogP contribution >= 0.6 is 11.3 Å². The van der Waals surface area contributed by atoms with Crippen LogP contribution < -0.4 is 16.0 Å². The van der Waals surface area contributed by atoms with E-state index in [1.165, 1.54) is 42.2 Å². The lowest BCUT2D eigenvalue weighted by Crippen LogP contribution is -2.53. The first-order chi connectivity index (χ1) is 22.7. The lowest BCUT2D eigenvalue weighted by atomic mass is 10.0. The number of hydrogen-bond donors (Lipinski definition) is 0. The summed E-state index contributed by atoms with van der Waals surface area (Å²) in [6, 6.07) is 16.7. The Kier molecular flexibility index (Phi) is 9.44. The molecule has 12 heteroatoms. The monoisotopic (exact) mass is 659 g/mol. The number of methoxy groups -OCH3 is 1. The van der Waals surface area contributed by atoms with Crippen LogP contribution in [-0.2, 0) is 37.7 Å². The zero-order valence-corrected chi connectivity index (χ0v) is 27.6. The molecule has 246 valence electrons. The summed E-state index contributed by atoms with van der Waals surface area (Å²) in [6.07, 6.45) is 3.62. The highest BCUT2D eigenvalue weighted by atomic mass is 32.1.